The van der Waals surface area contributed by atoms with E-state index < -0.39 is 41.9 Å². The maximum Gasteiger partial charge on any atom is 1.00 e. The van der Waals surface area contributed by atoms with Gasteiger partial charge in [-0.3, -0.25) is 43.2 Å². The van der Waals surface area contributed by atoms with Crippen molar-refractivity contribution in [2.45, 2.75) is 184 Å². The molecule has 36 heteroatoms. The first kappa shape index (κ1) is 106. The van der Waals surface area contributed by atoms with E-state index in [1.165, 1.54) is 0 Å². The van der Waals surface area contributed by atoms with E-state index in [9.17, 15) is 75.8 Å². The third kappa shape index (κ3) is 49.4. The van der Waals surface area contributed by atoms with Gasteiger partial charge < -0.3 is 97.6 Å². The molecule has 8 unspecified atom stereocenters. The molecule has 0 aromatic carbocycles. The molecule has 0 aromatic rings. The van der Waals surface area contributed by atoms with E-state index in [-0.39, 0.29) is 155 Å². The molecule has 1 aliphatic heterocycles. The number of likely N-dealkylation sites (N-methyl/N-ethyl adjacent to an activating group) is 1. The van der Waals surface area contributed by atoms with E-state index in [0.717, 1.165) is 73.9 Å². The van der Waals surface area contributed by atoms with Crippen LogP contribution in [0.3, 0.4) is 0 Å². The van der Waals surface area contributed by atoms with Crippen LogP contribution in [0.15, 0.2) is 22.3 Å². The second-order valence-corrected chi connectivity index (χ2v) is 30.2. The number of ether oxygens (including phenoxy) is 3. The summed E-state index contributed by atoms with van der Waals surface area (Å²) in [5.74, 6) is -6.30. The monoisotopic (exact) mass is 1600 g/mol. The summed E-state index contributed by atoms with van der Waals surface area (Å²) in [7, 11) is 12.7. The van der Waals surface area contributed by atoms with Crippen molar-refractivity contribution in [1.29, 1.82) is 0 Å². The van der Waals surface area contributed by atoms with Gasteiger partial charge in [-0.2, -0.15) is 13.2 Å². The number of carboxylic acid groups (broad SMARTS) is 2. The average molecular weight is 1600 g/mol. The number of rotatable bonds is 44. The number of methoxy groups -OCH3 is 2. The van der Waals surface area contributed by atoms with Crippen molar-refractivity contribution in [2.75, 3.05) is 126 Å². The van der Waals surface area contributed by atoms with E-state index in [0.29, 0.717) is 122 Å². The van der Waals surface area contributed by atoms with Crippen molar-refractivity contribution >= 4 is 98.6 Å². The molecule has 0 radical (unpaired) electrons. The molecule has 1 heterocycles. The Hall–Kier alpha value is -5.92. The van der Waals surface area contributed by atoms with Gasteiger partial charge in [-0.15, -0.1) is 0 Å². The normalized spacial score (nSPS) is 15.3. The number of nitrogens with zero attached hydrogens (tertiary/aromatic N) is 1. The van der Waals surface area contributed by atoms with Gasteiger partial charge in [0.25, 0.3) is 0 Å². The van der Waals surface area contributed by atoms with E-state index >= 15 is 0 Å². The van der Waals surface area contributed by atoms with Crippen LogP contribution in [-0.2, 0) is 76.5 Å². The Bertz CT molecular complexity index is 2820. The smallest absolute Gasteiger partial charge is 0.870 e. The number of alkyl halides is 3. The topological polar surface area (TPSA) is 462 Å². The summed E-state index contributed by atoms with van der Waals surface area (Å²) in [5, 5.41) is 45.7. The van der Waals surface area contributed by atoms with E-state index in [1.807, 2.05) is 62.3 Å². The number of quaternary nitrogens is 2. The number of halogens is 3. The number of nitrogens with one attached hydrogen (secondary N) is 9. The SMILES string of the molecule is CCC(C)C(=O)NCCSSCCNC(=O)C(CC)CC(CC(C)C(=O)NCC[N+](C)(C)C)C(=O)NC(C)C.CCC(CC(C)C(=O)NCCNC(=O)C1=C(C(=O)[O-])CCCC1)C(=O)NCCOC.CCC(CC(C)C(=O)NCC[NH3+])C(=O)NCCOC.O=C([O-])C(F)(F)F.O=C1OC(=O)C2=C1CCCC2.[2H][3H].[3HH].[Na+].[OH-]. The predicted octanol–water partition coefficient (Wildman–Crippen LogP) is -0.576. The zero-order valence-corrected chi connectivity index (χ0v) is 70.4. The number of aliphatic carboxylic acids is 2. The van der Waals surface area contributed by atoms with Gasteiger partial charge in [-0.1, -0.05) is 77.0 Å². The quantitative estimate of drug-likeness (QED) is 0.00911. The number of cyclic esters (lactones) is 2. The molecule has 0 spiro atoms. The van der Waals surface area contributed by atoms with Crippen LogP contribution >= 0.6 is 21.6 Å². The number of carbonyl (C=O) groups is 13. The molecule has 13 N–H and O–H groups in total. The maximum absolute atomic E-state index is 13.0. The Morgan fingerprint density at radius 1 is 0.519 bits per heavy atom. The number of esters is 2. The molecule has 0 aromatic heterocycles. The molecular weight excluding hydrogens is 1470 g/mol. The Morgan fingerprint density at radius 2 is 0.870 bits per heavy atom. The largest absolute Gasteiger partial charge is 1.00 e. The van der Waals surface area contributed by atoms with Crippen molar-refractivity contribution in [2.24, 2.45) is 47.3 Å². The van der Waals surface area contributed by atoms with E-state index in [4.69, 9.17) is 22.3 Å². The molecule has 108 heavy (non-hydrogen) atoms. The van der Waals surface area contributed by atoms with Crippen LogP contribution < -0.4 is 93.4 Å². The number of carboxylic acids is 2. The Balaban J connectivity index is -0.000000336. The summed E-state index contributed by atoms with van der Waals surface area (Å²) in [6, 6.07) is -0.0134. The van der Waals surface area contributed by atoms with Crippen LogP contribution in [0.1, 0.15) is 176 Å². The molecule has 0 saturated heterocycles. The van der Waals surface area contributed by atoms with Gasteiger partial charge >= 0.3 is 47.7 Å². The molecule has 8 atom stereocenters. The van der Waals surface area contributed by atoms with Crippen molar-refractivity contribution in [3.05, 3.63) is 22.3 Å². The first-order chi connectivity index (χ1) is 50.8. The van der Waals surface area contributed by atoms with Gasteiger partial charge in [0, 0.05) is 139 Å². The molecule has 9 amide bonds. The molecule has 3 rings (SSSR count). The van der Waals surface area contributed by atoms with Crippen LogP contribution in [0.4, 0.5) is 13.2 Å². The molecule has 0 bridgehead atoms. The van der Waals surface area contributed by atoms with Crippen molar-refractivity contribution in [1.82, 2.24) is 47.9 Å². The minimum absolute atomic E-state index is 0. The molecule has 0 saturated carbocycles. The summed E-state index contributed by atoms with van der Waals surface area (Å²) < 4.78 is 56.6. The molecule has 2 aliphatic carbocycles. The average Bonchev–Trinajstić information content (AvgIpc) is 1.67. The van der Waals surface area contributed by atoms with Crippen molar-refractivity contribution in [3.8, 4) is 0 Å². The van der Waals surface area contributed by atoms with Crippen LogP contribution in [0.5, 0.6) is 0 Å². The van der Waals surface area contributed by atoms with Gasteiger partial charge in [0.05, 0.1) is 66.5 Å². The third-order valence-corrected chi connectivity index (χ3v) is 19.6. The number of hydrogen-bond donors (Lipinski definition) is 10. The summed E-state index contributed by atoms with van der Waals surface area (Å²) in [5.41, 5.74) is 5.27. The molecule has 0 fully saturated rings. The van der Waals surface area contributed by atoms with Gasteiger partial charge in [0.15, 0.2) is 0 Å². The van der Waals surface area contributed by atoms with Crippen LogP contribution in [0, 0.1) is 47.3 Å². The predicted molar refractivity (Wildman–Crippen MR) is 401 cm³/mol. The zero-order chi connectivity index (χ0) is 83.1. The standard InChI is InChI=1S/C28H55N5O4S2.C21H35N3O6.C13H27N3O3.C8H8O3.C2HF3O2.Na.H2O.2H2/c1-10-21(5)25(34)30-13-16-38-39-17-14-31-27(36)23(11-2)19-24(28(37)32-20(3)4)18-22(6)26(35)29-12-15-33(7,8)9;1-4-15(19(26)24-11-12-30-3)13-14(2)18(25)22-9-10-23-20(27)16-7-5-6-8-17(16)21(28)29;1-4-11(13(18)16-7-8-19-3)9-10(2)12(17)15-6-5-14;9-7-5-3-1-2-4-6(5)8(10)11-7;3-2(4,5)1(6)7;;;;/h20-24H,10-19H2,1-9H3,(H3-,29,30,31,32,34,35,36,37);14-15H,4-13H2,1-3H3,(H,22,25)(H,23,27)(H,24,26)(H,28,29);10-11H,4-9,14H2,1-3H3,(H,15,17)(H,16,18);1-4H2;(H,6,7);;1H2;2*1H/q;;;;;+1;;;/p-1/i;;;;;;;1+2D;1+2. The van der Waals surface area contributed by atoms with Gasteiger partial charge in [-0.05, 0) is 122 Å². The molecular formula is C72H131F3N11NaO19S2. The number of hydrogen-bond acceptors (Lipinski definition) is 21. The number of amides is 9. The van der Waals surface area contributed by atoms with Crippen LogP contribution in [-0.4, -0.2) is 225 Å². The Kier molecular flexibility index (Phi) is 60.7. The summed E-state index contributed by atoms with van der Waals surface area (Å²) in [6.07, 6.45) is 5.14. The zero-order valence-electron chi connectivity index (χ0n) is 68.8. The first-order valence-electron chi connectivity index (χ1n) is 37.9. The van der Waals surface area contributed by atoms with E-state index in [1.54, 1.807) is 42.7 Å². The first-order valence-corrected chi connectivity index (χ1v) is 39.4. The van der Waals surface area contributed by atoms with Gasteiger partial charge in [0.1, 0.15) is 5.97 Å². The summed E-state index contributed by atoms with van der Waals surface area (Å²) in [6.45, 7) is 25.2. The van der Waals surface area contributed by atoms with Crippen molar-refractivity contribution < 1.29 is 150 Å². The van der Waals surface area contributed by atoms with Gasteiger partial charge in [0.2, 0.25) is 53.2 Å². The van der Waals surface area contributed by atoms with Gasteiger partial charge in [-0.25, -0.2) is 9.59 Å². The summed E-state index contributed by atoms with van der Waals surface area (Å²) in [4.78, 5) is 153. The Morgan fingerprint density at radius 3 is 1.25 bits per heavy atom. The summed E-state index contributed by atoms with van der Waals surface area (Å²) >= 11 is 0. The maximum atomic E-state index is 13.0. The minimum Gasteiger partial charge on any atom is -0.870 e. The fraction of sp³-hybridized carbons (Fsp3) is 0.764. The Labute approximate surface area is 671 Å². The second kappa shape index (κ2) is 61.7. The fourth-order valence-corrected chi connectivity index (χ4v) is 12.4. The fourth-order valence-electron chi connectivity index (χ4n) is 10.6. The second-order valence-electron chi connectivity index (χ2n) is 27.5. The number of carbonyl (C=O) groups excluding carboxylic acids is 13. The molecule has 622 valence electrons. The van der Waals surface area contributed by atoms with Crippen LogP contribution in [0.2, 0.25) is 0 Å². The molecule has 30 nitrogen and oxygen atoms in total. The molecule has 3 aliphatic rings. The minimum atomic E-state index is -5.19. The van der Waals surface area contributed by atoms with Crippen molar-refractivity contribution in [3.63, 3.8) is 0 Å². The van der Waals surface area contributed by atoms with Crippen LogP contribution in [0.25, 0.3) is 0 Å². The van der Waals surface area contributed by atoms with E-state index in [2.05, 4.69) is 79.5 Å². The third-order valence-electron chi connectivity index (χ3n) is 17.2.